The number of nitrogens with one attached hydrogen (secondary N) is 1. The average molecular weight is 420 g/mol. The second kappa shape index (κ2) is 8.61. The lowest BCUT2D eigenvalue weighted by molar-refractivity contribution is -0.117. The highest BCUT2D eigenvalue weighted by atomic mass is 32.2. The first kappa shape index (κ1) is 21.4. The molecule has 6 nitrogen and oxygen atoms in total. The molecule has 0 aromatic heterocycles. The number of piperazine rings is 1. The van der Waals surface area contributed by atoms with Crippen molar-refractivity contribution in [3.05, 3.63) is 58.9 Å². The number of hydrogen-bond acceptors (Lipinski definition) is 4. The normalized spacial score (nSPS) is 16.0. The van der Waals surface area contributed by atoms with E-state index in [4.69, 9.17) is 0 Å². The minimum Gasteiger partial charge on any atom is -0.325 e. The van der Waals surface area contributed by atoms with Gasteiger partial charge in [-0.05, 0) is 56.2 Å². The summed E-state index contributed by atoms with van der Waals surface area (Å²) in [6.45, 7) is 7.36. The number of hydrogen-bond donors (Lipinski definition) is 1. The number of aryl methyl sites for hydroxylation is 3. The Hall–Kier alpha value is -2.29. The number of nitrogens with zero attached hydrogens (tertiary/aromatic N) is 2. The number of carbonyl (C=O) groups excluding carboxylic acids is 1. The van der Waals surface area contributed by atoms with Gasteiger partial charge in [-0.2, -0.15) is 4.31 Å². The van der Waals surface area contributed by atoms with E-state index in [2.05, 4.69) is 5.32 Å². The molecular weight excluding hydrogens is 393 g/mol. The number of rotatable bonds is 5. The molecular formula is C21H26FN3O3S. The lowest BCUT2D eigenvalue weighted by Crippen LogP contribution is -2.50. The molecule has 156 valence electrons. The molecule has 0 aliphatic carbocycles. The number of benzene rings is 2. The maximum atomic E-state index is 13.1. The van der Waals surface area contributed by atoms with Crippen LogP contribution in [0.3, 0.4) is 0 Å². The topological polar surface area (TPSA) is 69.7 Å². The molecule has 8 heteroatoms. The summed E-state index contributed by atoms with van der Waals surface area (Å²) >= 11 is 0. The summed E-state index contributed by atoms with van der Waals surface area (Å²) in [4.78, 5) is 14.5. The van der Waals surface area contributed by atoms with E-state index >= 15 is 0 Å². The van der Waals surface area contributed by atoms with Crippen LogP contribution < -0.4 is 5.32 Å². The van der Waals surface area contributed by atoms with Gasteiger partial charge in [0.15, 0.2) is 0 Å². The van der Waals surface area contributed by atoms with E-state index in [-0.39, 0.29) is 18.3 Å². The van der Waals surface area contributed by atoms with Crippen molar-refractivity contribution >= 4 is 21.6 Å². The summed E-state index contributed by atoms with van der Waals surface area (Å²) in [5, 5.41) is 2.72. The molecule has 0 atom stereocenters. The Morgan fingerprint density at radius 2 is 1.55 bits per heavy atom. The summed E-state index contributed by atoms with van der Waals surface area (Å²) in [6, 6.07) is 9.35. The first-order chi connectivity index (χ1) is 13.7. The van der Waals surface area contributed by atoms with E-state index in [1.165, 1.54) is 28.6 Å². The first-order valence-electron chi connectivity index (χ1n) is 9.52. The molecule has 0 unspecified atom stereocenters. The molecule has 0 saturated carbocycles. The molecule has 0 radical (unpaired) electrons. The molecule has 2 aromatic rings. The van der Waals surface area contributed by atoms with E-state index in [0.29, 0.717) is 36.8 Å². The van der Waals surface area contributed by atoms with Crippen LogP contribution in [-0.4, -0.2) is 56.3 Å². The van der Waals surface area contributed by atoms with Crippen LogP contribution in [0.25, 0.3) is 0 Å². The largest absolute Gasteiger partial charge is 0.325 e. The Morgan fingerprint density at radius 3 is 2.10 bits per heavy atom. The molecule has 1 N–H and O–H groups in total. The molecule has 29 heavy (non-hydrogen) atoms. The Kier molecular flexibility index (Phi) is 6.36. The minimum atomic E-state index is -3.57. The van der Waals surface area contributed by atoms with Crippen molar-refractivity contribution in [2.75, 3.05) is 38.0 Å². The minimum absolute atomic E-state index is 0.161. The molecule has 1 amide bonds. The number of carbonyl (C=O) groups is 1. The van der Waals surface area contributed by atoms with Crippen molar-refractivity contribution in [2.45, 2.75) is 25.7 Å². The zero-order valence-corrected chi connectivity index (χ0v) is 17.7. The standard InChI is InChI=1S/C21H26FN3O3S/c1-15-12-16(2)21(17(3)13-15)29(27,28)25-10-8-24(9-11-25)14-20(26)23-19-6-4-18(22)5-7-19/h4-7,12-13H,8-11,14H2,1-3H3,(H,23,26). The maximum Gasteiger partial charge on any atom is 0.243 e. The van der Waals surface area contributed by atoms with E-state index in [1.54, 1.807) is 0 Å². The zero-order chi connectivity index (χ0) is 21.2. The second-order valence-corrected chi connectivity index (χ2v) is 9.34. The van der Waals surface area contributed by atoms with Crippen molar-refractivity contribution in [3.63, 3.8) is 0 Å². The summed E-state index contributed by atoms with van der Waals surface area (Å²) in [5.41, 5.74) is 3.08. The maximum absolute atomic E-state index is 13.1. The lowest BCUT2D eigenvalue weighted by Gasteiger charge is -2.34. The highest BCUT2D eigenvalue weighted by Crippen LogP contribution is 2.26. The number of sulfonamides is 1. The molecule has 1 fully saturated rings. The van der Waals surface area contributed by atoms with Crippen molar-refractivity contribution < 1.29 is 17.6 Å². The summed E-state index contributed by atoms with van der Waals surface area (Å²) in [7, 11) is -3.57. The fourth-order valence-electron chi connectivity index (χ4n) is 3.77. The van der Waals surface area contributed by atoms with Gasteiger partial charge in [0.05, 0.1) is 11.4 Å². The third-order valence-electron chi connectivity index (χ3n) is 5.03. The van der Waals surface area contributed by atoms with E-state index in [1.807, 2.05) is 37.8 Å². The van der Waals surface area contributed by atoms with Gasteiger partial charge >= 0.3 is 0 Å². The van der Waals surface area contributed by atoms with Crippen molar-refractivity contribution in [1.82, 2.24) is 9.21 Å². The fourth-order valence-corrected chi connectivity index (χ4v) is 5.60. The van der Waals surface area contributed by atoms with Crippen LogP contribution >= 0.6 is 0 Å². The number of amides is 1. The van der Waals surface area contributed by atoms with Gasteiger partial charge < -0.3 is 5.32 Å². The SMILES string of the molecule is Cc1cc(C)c(S(=O)(=O)N2CCN(CC(=O)Nc3ccc(F)cc3)CC2)c(C)c1. The Labute approximate surface area is 171 Å². The third kappa shape index (κ3) is 5.01. The molecule has 0 spiro atoms. The van der Waals surface area contributed by atoms with Crippen LogP contribution in [-0.2, 0) is 14.8 Å². The number of anilines is 1. The van der Waals surface area contributed by atoms with E-state index in [0.717, 1.165) is 16.7 Å². The van der Waals surface area contributed by atoms with Crippen LogP contribution in [0.15, 0.2) is 41.3 Å². The Bertz CT molecular complexity index is 975. The predicted octanol–water partition coefficient (Wildman–Crippen LogP) is 2.70. The third-order valence-corrected chi connectivity index (χ3v) is 7.23. The highest BCUT2D eigenvalue weighted by molar-refractivity contribution is 7.89. The lowest BCUT2D eigenvalue weighted by atomic mass is 10.1. The van der Waals surface area contributed by atoms with Gasteiger partial charge in [0, 0.05) is 31.9 Å². The van der Waals surface area contributed by atoms with E-state index < -0.39 is 10.0 Å². The zero-order valence-electron chi connectivity index (χ0n) is 16.9. The van der Waals surface area contributed by atoms with Gasteiger partial charge in [-0.1, -0.05) is 17.7 Å². The van der Waals surface area contributed by atoms with Crippen LogP contribution in [0, 0.1) is 26.6 Å². The van der Waals surface area contributed by atoms with E-state index in [9.17, 15) is 17.6 Å². The van der Waals surface area contributed by atoms with Gasteiger partial charge in [0.25, 0.3) is 0 Å². The van der Waals surface area contributed by atoms with Gasteiger partial charge in [-0.25, -0.2) is 12.8 Å². The van der Waals surface area contributed by atoms with Crippen LogP contribution in [0.2, 0.25) is 0 Å². The van der Waals surface area contributed by atoms with Crippen molar-refractivity contribution in [3.8, 4) is 0 Å². The quantitative estimate of drug-likeness (QED) is 0.809. The molecule has 1 aliphatic heterocycles. The van der Waals surface area contributed by atoms with Crippen LogP contribution in [0.1, 0.15) is 16.7 Å². The molecule has 3 rings (SSSR count). The highest BCUT2D eigenvalue weighted by Gasteiger charge is 2.31. The molecule has 1 saturated heterocycles. The molecule has 1 heterocycles. The monoisotopic (exact) mass is 419 g/mol. The average Bonchev–Trinajstić information content (AvgIpc) is 2.63. The second-order valence-electron chi connectivity index (χ2n) is 7.46. The predicted molar refractivity (Wildman–Crippen MR) is 111 cm³/mol. The molecule has 1 aliphatic rings. The summed E-state index contributed by atoms with van der Waals surface area (Å²) in [6.07, 6.45) is 0. The Morgan fingerprint density at radius 1 is 1.00 bits per heavy atom. The van der Waals surface area contributed by atoms with Crippen molar-refractivity contribution in [1.29, 1.82) is 0 Å². The van der Waals surface area contributed by atoms with Crippen LogP contribution in [0.4, 0.5) is 10.1 Å². The van der Waals surface area contributed by atoms with Crippen molar-refractivity contribution in [2.24, 2.45) is 0 Å². The van der Waals surface area contributed by atoms with Gasteiger partial charge in [-0.15, -0.1) is 0 Å². The van der Waals surface area contributed by atoms with Gasteiger partial charge in [0.1, 0.15) is 5.82 Å². The number of halogens is 1. The molecule has 2 aromatic carbocycles. The smallest absolute Gasteiger partial charge is 0.243 e. The Balaban J connectivity index is 1.60. The van der Waals surface area contributed by atoms with Gasteiger partial charge in [0.2, 0.25) is 15.9 Å². The fraction of sp³-hybridized carbons (Fsp3) is 0.381. The first-order valence-corrected chi connectivity index (χ1v) is 11.0. The molecule has 0 bridgehead atoms. The van der Waals surface area contributed by atoms with Gasteiger partial charge in [-0.3, -0.25) is 9.69 Å². The summed E-state index contributed by atoms with van der Waals surface area (Å²) in [5.74, 6) is -0.572. The summed E-state index contributed by atoms with van der Waals surface area (Å²) < 4.78 is 40.7. The van der Waals surface area contributed by atoms with Crippen LogP contribution in [0.5, 0.6) is 0 Å².